The molecular formula is C98H80N8O2S6. The summed E-state index contributed by atoms with van der Waals surface area (Å²) < 4.78 is 24.0. The standard InChI is InChI=1S/C98H80N8O2S6/c1-6-10-14-18-26-57-34-42-62(43-35-57)97(63-44-36-58(37-45-63)27-19-15-11-7-2)74-52-66(50-72-77(61(54-99)55-100)68-30-22-24-32-70(68)89(72)107)109-91(74)95-83(97)81-79-80(86-87(93(81)111-95)105-113-104-86)82-84-96(112-94(82)88-85(79)103-114-106-88)92-75(53-67(110-92)51-73-78(76(56-101)102-5)69-31-23-25-33-71(69)90(73)108)98(84,64-46-38-59(39-47-64)28-20-16-12-8-3)65-48-40-60(41-49-65)29-21-17-13-9-4/h22-25,30-53H,6-21,26-29H2,1-4H3/b72-50-,73-51-,78-76?. The molecule has 0 aliphatic heterocycles. The van der Waals surface area contributed by atoms with Crippen molar-refractivity contribution in [2.24, 2.45) is 0 Å². The number of hydrogen-bond acceptors (Lipinski definition) is 15. The lowest BCUT2D eigenvalue weighted by atomic mass is 9.66. The highest BCUT2D eigenvalue weighted by Crippen LogP contribution is 2.69. The zero-order valence-electron chi connectivity index (χ0n) is 64.2. The Balaban J connectivity index is 0.959. The molecule has 4 aliphatic rings. The second kappa shape index (κ2) is 31.2. The second-order valence-electron chi connectivity index (χ2n) is 30.8. The maximum Gasteiger partial charge on any atom is 0.270 e. The summed E-state index contributed by atoms with van der Waals surface area (Å²) >= 11 is 9.27. The number of rotatable bonds is 26. The van der Waals surface area contributed by atoms with E-state index in [1.807, 2.05) is 48.6 Å². The average Bonchev–Trinajstić information content (AvgIpc) is 1.48. The van der Waals surface area contributed by atoms with Gasteiger partial charge in [-0.15, -0.1) is 45.3 Å². The predicted molar refractivity (Wildman–Crippen MR) is 473 cm³/mol. The van der Waals surface area contributed by atoms with Crippen LogP contribution in [-0.4, -0.2) is 29.1 Å². The predicted octanol–water partition coefficient (Wildman–Crippen LogP) is 27.1. The van der Waals surface area contributed by atoms with E-state index in [1.54, 1.807) is 57.5 Å². The first-order chi connectivity index (χ1) is 56.1. The lowest BCUT2D eigenvalue weighted by molar-refractivity contribution is 0.103. The fourth-order valence-corrected chi connectivity index (χ4v) is 25.3. The smallest absolute Gasteiger partial charge is 0.270 e. The monoisotopic (exact) mass is 1590 g/mol. The molecule has 0 saturated heterocycles. The Kier molecular flexibility index (Phi) is 20.4. The molecule has 6 aromatic heterocycles. The van der Waals surface area contributed by atoms with Gasteiger partial charge in [0.2, 0.25) is 0 Å². The summed E-state index contributed by atoms with van der Waals surface area (Å²) in [6.07, 6.45) is 26.1. The molecular weight excluding hydrogens is 1510 g/mol. The Morgan fingerprint density at radius 3 is 1.09 bits per heavy atom. The number of carbonyl (C=O) groups excluding carboxylic acids is 2. The number of unbranched alkanes of at least 4 members (excludes halogenated alkanes) is 12. The number of fused-ring (bicyclic) bond motifs is 21. The number of nitriles is 3. The number of hydrogen-bond donors (Lipinski definition) is 0. The van der Waals surface area contributed by atoms with Gasteiger partial charge in [-0.2, -0.15) is 28.0 Å². The van der Waals surface area contributed by atoms with Gasteiger partial charge >= 0.3 is 0 Å². The van der Waals surface area contributed by atoms with Crippen molar-refractivity contribution in [2.45, 2.75) is 167 Å². The van der Waals surface area contributed by atoms with E-state index in [1.165, 1.54) is 71.4 Å². The Labute approximate surface area is 689 Å². The number of aryl methyl sites for hydroxylation is 4. The van der Waals surface area contributed by atoms with Crippen LogP contribution in [0.3, 0.4) is 0 Å². The minimum atomic E-state index is -0.996. The van der Waals surface area contributed by atoms with Crippen LogP contribution in [0, 0.1) is 40.6 Å². The number of allylic oxidation sites excluding steroid dienone is 6. The molecule has 0 fully saturated rings. The molecule has 16 heteroatoms. The fourth-order valence-electron chi connectivity index (χ4n) is 18.8. The summed E-state index contributed by atoms with van der Waals surface area (Å²) in [6, 6.07) is 63.5. The molecule has 18 rings (SSSR count). The maximum absolute atomic E-state index is 14.9. The molecule has 6 heterocycles. The molecule has 560 valence electrons. The Morgan fingerprint density at radius 2 is 0.746 bits per heavy atom. The maximum atomic E-state index is 14.9. The van der Waals surface area contributed by atoms with Crippen LogP contribution in [0.15, 0.2) is 180 Å². The summed E-state index contributed by atoms with van der Waals surface area (Å²) in [6.45, 7) is 17.3. The lowest BCUT2D eigenvalue weighted by Crippen LogP contribution is -2.28. The zero-order valence-corrected chi connectivity index (χ0v) is 69.1. The Bertz CT molecular complexity index is 6030. The highest BCUT2D eigenvalue weighted by Gasteiger charge is 2.54. The largest absolute Gasteiger partial charge is 0.289 e. The highest BCUT2D eigenvalue weighted by atomic mass is 32.1. The molecule has 14 aromatic rings. The minimum absolute atomic E-state index is 0.104. The topological polar surface area (TPSA) is 161 Å². The summed E-state index contributed by atoms with van der Waals surface area (Å²) in [4.78, 5) is 39.6. The van der Waals surface area contributed by atoms with Gasteiger partial charge in [0.25, 0.3) is 5.70 Å². The molecule has 0 radical (unpaired) electrons. The van der Waals surface area contributed by atoms with Crippen molar-refractivity contribution in [1.29, 1.82) is 15.8 Å². The molecule has 0 saturated carbocycles. The number of aromatic nitrogens is 4. The molecule has 4 aliphatic carbocycles. The van der Waals surface area contributed by atoms with E-state index in [0.29, 0.717) is 44.5 Å². The number of benzene rings is 8. The third kappa shape index (κ3) is 12.0. The summed E-state index contributed by atoms with van der Waals surface area (Å²) in [5.74, 6) is -0.438. The quantitative estimate of drug-likeness (QED) is 0.0222. The number of ketones is 2. The van der Waals surface area contributed by atoms with Crippen LogP contribution in [-0.2, 0) is 36.5 Å². The van der Waals surface area contributed by atoms with Gasteiger partial charge in [-0.25, -0.2) is 10.1 Å². The molecule has 0 bridgehead atoms. The van der Waals surface area contributed by atoms with Gasteiger partial charge in [-0.3, -0.25) is 9.59 Å². The Hall–Kier alpha value is -10.8. The fraction of sp³-hybridized carbons (Fsp3) is 0.265. The molecule has 0 amide bonds. The number of carbonyl (C=O) groups is 2. The summed E-state index contributed by atoms with van der Waals surface area (Å²) in [5.41, 5.74) is 18.5. The minimum Gasteiger partial charge on any atom is -0.289 e. The molecule has 0 atom stereocenters. The highest BCUT2D eigenvalue weighted by molar-refractivity contribution is 7.29. The van der Waals surface area contributed by atoms with Crippen molar-refractivity contribution in [3.8, 4) is 37.7 Å². The number of thiophene rings is 4. The van der Waals surface area contributed by atoms with E-state index in [4.69, 9.17) is 24.1 Å². The van der Waals surface area contributed by atoms with Crippen molar-refractivity contribution < 1.29 is 9.59 Å². The molecule has 0 unspecified atom stereocenters. The molecule has 114 heavy (non-hydrogen) atoms. The molecule has 10 nitrogen and oxygen atoms in total. The van der Waals surface area contributed by atoms with E-state index in [0.717, 1.165) is 230 Å². The van der Waals surface area contributed by atoms with E-state index in [-0.39, 0.29) is 22.8 Å². The first kappa shape index (κ1) is 74.6. The van der Waals surface area contributed by atoms with E-state index in [2.05, 4.69) is 160 Å². The third-order valence-electron chi connectivity index (χ3n) is 24.2. The van der Waals surface area contributed by atoms with Gasteiger partial charge in [0, 0.05) is 64.7 Å². The van der Waals surface area contributed by atoms with Crippen LogP contribution in [0.4, 0.5) is 0 Å². The van der Waals surface area contributed by atoms with Gasteiger partial charge in [-0.1, -0.05) is 250 Å². The van der Waals surface area contributed by atoms with E-state index in [9.17, 15) is 25.4 Å². The lowest BCUT2D eigenvalue weighted by Gasteiger charge is -2.34. The van der Waals surface area contributed by atoms with Gasteiger partial charge in [0.1, 0.15) is 39.8 Å². The van der Waals surface area contributed by atoms with Crippen LogP contribution in [0.5, 0.6) is 0 Å². The van der Waals surface area contributed by atoms with Crippen LogP contribution in [0.1, 0.15) is 239 Å². The number of nitrogens with zero attached hydrogens (tertiary/aromatic N) is 8. The molecule has 0 spiro atoms. The van der Waals surface area contributed by atoms with Crippen molar-refractivity contribution in [2.75, 3.05) is 0 Å². The van der Waals surface area contributed by atoms with Gasteiger partial charge in [-0.05, 0) is 154 Å². The van der Waals surface area contributed by atoms with Crippen molar-refractivity contribution in [3.63, 3.8) is 0 Å². The van der Waals surface area contributed by atoms with Crippen molar-refractivity contribution in [3.05, 3.63) is 290 Å². The van der Waals surface area contributed by atoms with Crippen LogP contribution in [0.25, 0.3) is 101 Å². The first-order valence-corrected chi connectivity index (χ1v) is 45.0. The number of Topliss-reactive ketones (excluding diaryl/α,β-unsaturated/α-hetero) is 2. The van der Waals surface area contributed by atoms with Gasteiger partial charge in [0.15, 0.2) is 11.6 Å². The van der Waals surface area contributed by atoms with Crippen molar-refractivity contribution >= 4 is 157 Å². The van der Waals surface area contributed by atoms with Crippen LogP contribution >= 0.6 is 68.8 Å². The van der Waals surface area contributed by atoms with E-state index >= 15 is 0 Å². The Morgan fingerprint density at radius 1 is 0.404 bits per heavy atom. The van der Waals surface area contributed by atoms with Gasteiger partial charge < -0.3 is 0 Å². The summed E-state index contributed by atoms with van der Waals surface area (Å²) in [7, 11) is 0. The SMILES string of the molecule is [C-]#[N+]C(C#N)=C1/C(=C/c2cc3c(s2)-c2sc4c5nsnc5c5c6c7c(sc6c6nsnc6c5c4c2C3(c2ccc(CCCCCC)cc2)c2ccc(CCCCCC)cc2)-c2sc(/C=C3\C(=O)c4ccccc4C3=C(C#N)C#N)cc2C7(c2ccc(CCCCCC)cc2)c2ccc(CCCCCC)cc2)C(=O)c2ccccc21. The average molecular weight is 1590 g/mol. The normalized spacial score (nSPS) is 15.3. The van der Waals surface area contributed by atoms with Crippen LogP contribution < -0.4 is 0 Å². The van der Waals surface area contributed by atoms with E-state index < -0.39 is 10.8 Å². The zero-order chi connectivity index (χ0) is 77.9. The summed E-state index contributed by atoms with van der Waals surface area (Å²) in [5, 5.41) is 35.9. The first-order valence-electron chi connectivity index (χ1n) is 40.3. The second-order valence-corrected chi connectivity index (χ2v) is 36.1. The third-order valence-corrected chi connectivity index (χ3v) is 30.1. The molecule has 0 N–H and O–H groups in total. The van der Waals surface area contributed by atoms with Gasteiger partial charge in [0.05, 0.1) is 75.8 Å². The van der Waals surface area contributed by atoms with Crippen molar-refractivity contribution in [1.82, 2.24) is 17.5 Å². The van der Waals surface area contributed by atoms with Crippen LogP contribution in [0.2, 0.25) is 0 Å². The molecule has 8 aromatic carbocycles.